The average molecular weight is 239 g/mol. The number of rotatable bonds is 5. The second-order valence-electron chi connectivity index (χ2n) is 3.62. The first-order valence-electron chi connectivity index (χ1n) is 5.26. The lowest BCUT2D eigenvalue weighted by Gasteiger charge is -2.14. The Balaban J connectivity index is 2.64. The van der Waals surface area contributed by atoms with Crippen LogP contribution in [-0.4, -0.2) is 53.5 Å². The van der Waals surface area contributed by atoms with Gasteiger partial charge in [0.1, 0.15) is 5.69 Å². The van der Waals surface area contributed by atoms with Crippen LogP contribution in [0.15, 0.2) is 12.5 Å². The Labute approximate surface area is 99.6 Å². The molecule has 0 aliphatic carbocycles. The smallest absolute Gasteiger partial charge is 0.274 e. The second kappa shape index (κ2) is 6.00. The summed E-state index contributed by atoms with van der Waals surface area (Å²) in [6, 6.07) is 0. The van der Waals surface area contributed by atoms with Gasteiger partial charge in [0.15, 0.2) is 0 Å². The van der Waals surface area contributed by atoms with E-state index in [1.807, 2.05) is 0 Å². The molecule has 1 heterocycles. The van der Waals surface area contributed by atoms with Gasteiger partial charge in [0.05, 0.1) is 12.9 Å². The Hall–Kier alpha value is -1.89. The van der Waals surface area contributed by atoms with Crippen molar-refractivity contribution >= 4 is 11.8 Å². The molecule has 94 valence electrons. The van der Waals surface area contributed by atoms with Gasteiger partial charge >= 0.3 is 0 Å². The first-order chi connectivity index (χ1) is 8.08. The third-order valence-corrected chi connectivity index (χ3v) is 2.25. The first kappa shape index (κ1) is 13.2. The molecule has 7 heteroatoms. The summed E-state index contributed by atoms with van der Waals surface area (Å²) in [6.07, 6.45) is 3.17. The number of hydrogen-bond donors (Lipinski definition) is 2. The Kier molecular flexibility index (Phi) is 4.65. The minimum absolute atomic E-state index is 0.0130. The van der Waals surface area contributed by atoms with E-state index in [9.17, 15) is 9.59 Å². The van der Waals surface area contributed by atoms with E-state index in [4.69, 9.17) is 5.73 Å². The summed E-state index contributed by atoms with van der Waals surface area (Å²) in [5, 5.41) is 2.45. The number of hydrogen-bond acceptors (Lipinski definition) is 4. The molecule has 3 N–H and O–H groups in total. The van der Waals surface area contributed by atoms with Gasteiger partial charge in [-0.05, 0) is 0 Å². The van der Waals surface area contributed by atoms with E-state index in [1.54, 1.807) is 24.1 Å². The van der Waals surface area contributed by atoms with Crippen LogP contribution in [0.5, 0.6) is 0 Å². The zero-order valence-electron chi connectivity index (χ0n) is 10.0. The molecule has 1 aromatic heterocycles. The molecule has 0 aliphatic heterocycles. The molecule has 7 nitrogen and oxygen atoms in total. The summed E-state index contributed by atoms with van der Waals surface area (Å²) >= 11 is 0. The Morgan fingerprint density at radius 3 is 2.88 bits per heavy atom. The van der Waals surface area contributed by atoms with Crippen LogP contribution in [0.25, 0.3) is 0 Å². The number of amides is 2. The van der Waals surface area contributed by atoms with Crippen molar-refractivity contribution in [2.75, 3.05) is 27.2 Å². The molecule has 0 saturated heterocycles. The number of likely N-dealkylation sites (N-methyl/N-ethyl adjacent to an activating group) is 2. The van der Waals surface area contributed by atoms with E-state index >= 15 is 0 Å². The maximum atomic E-state index is 11.9. The fourth-order valence-electron chi connectivity index (χ4n) is 1.30. The van der Waals surface area contributed by atoms with E-state index in [0.717, 1.165) is 0 Å². The standard InChI is InChI=1S/C10H17N5O2/c1-12-9(16)6-14(2)10(17)8-5-15(4-3-11)7-13-8/h5,7H,3-4,6,11H2,1-2H3,(H,12,16). The fourth-order valence-corrected chi connectivity index (χ4v) is 1.30. The molecule has 0 radical (unpaired) electrons. The van der Waals surface area contributed by atoms with Gasteiger partial charge in [0, 0.05) is 33.4 Å². The van der Waals surface area contributed by atoms with E-state index in [1.165, 1.54) is 11.9 Å². The predicted octanol–water partition coefficient (Wildman–Crippen LogP) is -1.34. The minimum Gasteiger partial charge on any atom is -0.358 e. The fraction of sp³-hybridized carbons (Fsp3) is 0.500. The van der Waals surface area contributed by atoms with Gasteiger partial charge in [0.25, 0.3) is 5.91 Å². The SMILES string of the molecule is CNC(=O)CN(C)C(=O)c1cn(CCN)cn1. The van der Waals surface area contributed by atoms with Gasteiger partial charge in [-0.1, -0.05) is 0 Å². The first-order valence-corrected chi connectivity index (χ1v) is 5.26. The quantitative estimate of drug-likeness (QED) is 0.665. The zero-order valence-corrected chi connectivity index (χ0v) is 10.0. The van der Waals surface area contributed by atoms with Gasteiger partial charge in [-0.25, -0.2) is 4.98 Å². The van der Waals surface area contributed by atoms with Crippen molar-refractivity contribution in [3.05, 3.63) is 18.2 Å². The number of nitrogens with one attached hydrogen (secondary N) is 1. The van der Waals surface area contributed by atoms with Crippen LogP contribution < -0.4 is 11.1 Å². The minimum atomic E-state index is -0.288. The molecule has 0 spiro atoms. The van der Waals surface area contributed by atoms with Crippen LogP contribution in [0.4, 0.5) is 0 Å². The van der Waals surface area contributed by atoms with Crippen LogP contribution in [0.2, 0.25) is 0 Å². The monoisotopic (exact) mass is 239 g/mol. The van der Waals surface area contributed by atoms with Crippen molar-refractivity contribution < 1.29 is 9.59 Å². The summed E-state index contributed by atoms with van der Waals surface area (Å²) < 4.78 is 1.74. The van der Waals surface area contributed by atoms with Gasteiger partial charge < -0.3 is 20.5 Å². The van der Waals surface area contributed by atoms with Crippen molar-refractivity contribution in [3.63, 3.8) is 0 Å². The van der Waals surface area contributed by atoms with Gasteiger partial charge in [0.2, 0.25) is 5.91 Å². The van der Waals surface area contributed by atoms with Crippen molar-refractivity contribution in [2.24, 2.45) is 5.73 Å². The van der Waals surface area contributed by atoms with E-state index in [0.29, 0.717) is 18.8 Å². The number of carbonyl (C=O) groups is 2. The predicted molar refractivity (Wildman–Crippen MR) is 62.3 cm³/mol. The number of imidazole rings is 1. The third kappa shape index (κ3) is 3.56. The summed E-state index contributed by atoms with van der Waals surface area (Å²) in [7, 11) is 3.08. The highest BCUT2D eigenvalue weighted by atomic mass is 16.2. The number of nitrogens with zero attached hydrogens (tertiary/aromatic N) is 3. The normalized spacial score (nSPS) is 10.1. The lowest BCUT2D eigenvalue weighted by Crippen LogP contribution is -2.37. The molecule has 0 saturated carbocycles. The highest BCUT2D eigenvalue weighted by Gasteiger charge is 2.16. The van der Waals surface area contributed by atoms with Crippen molar-refractivity contribution in [1.82, 2.24) is 19.8 Å². The van der Waals surface area contributed by atoms with Crippen LogP contribution in [0, 0.1) is 0 Å². The van der Waals surface area contributed by atoms with E-state index in [2.05, 4.69) is 10.3 Å². The molecule has 1 rings (SSSR count). The lowest BCUT2D eigenvalue weighted by molar-refractivity contribution is -0.121. The van der Waals surface area contributed by atoms with Crippen LogP contribution in [0.1, 0.15) is 10.5 Å². The number of aromatic nitrogens is 2. The summed E-state index contributed by atoms with van der Waals surface area (Å²) in [5.74, 6) is -0.508. The molecule has 0 bridgehead atoms. The Morgan fingerprint density at radius 1 is 1.59 bits per heavy atom. The third-order valence-electron chi connectivity index (χ3n) is 2.25. The molecule has 17 heavy (non-hydrogen) atoms. The molecule has 2 amide bonds. The van der Waals surface area contributed by atoms with Crippen LogP contribution in [-0.2, 0) is 11.3 Å². The molecule has 0 fully saturated rings. The van der Waals surface area contributed by atoms with E-state index < -0.39 is 0 Å². The average Bonchev–Trinajstić information content (AvgIpc) is 2.76. The van der Waals surface area contributed by atoms with Gasteiger partial charge in [-0.3, -0.25) is 9.59 Å². The Bertz CT molecular complexity index is 401. The molecule has 0 atom stereocenters. The van der Waals surface area contributed by atoms with Crippen molar-refractivity contribution in [1.29, 1.82) is 0 Å². The maximum absolute atomic E-state index is 11.9. The summed E-state index contributed by atoms with van der Waals surface area (Å²) in [5.41, 5.74) is 5.70. The largest absolute Gasteiger partial charge is 0.358 e. The number of carbonyl (C=O) groups excluding carboxylic acids is 2. The summed E-state index contributed by atoms with van der Waals surface area (Å²) in [4.78, 5) is 28.3. The highest BCUT2D eigenvalue weighted by molar-refractivity contribution is 5.94. The molecule has 0 aliphatic rings. The molecular weight excluding hydrogens is 222 g/mol. The second-order valence-corrected chi connectivity index (χ2v) is 3.62. The zero-order chi connectivity index (χ0) is 12.8. The maximum Gasteiger partial charge on any atom is 0.274 e. The van der Waals surface area contributed by atoms with Crippen LogP contribution in [0.3, 0.4) is 0 Å². The van der Waals surface area contributed by atoms with Crippen molar-refractivity contribution in [2.45, 2.75) is 6.54 Å². The highest BCUT2D eigenvalue weighted by Crippen LogP contribution is 2.00. The molecular formula is C10H17N5O2. The molecule has 1 aromatic rings. The van der Waals surface area contributed by atoms with Gasteiger partial charge in [-0.15, -0.1) is 0 Å². The topological polar surface area (TPSA) is 93.2 Å². The lowest BCUT2D eigenvalue weighted by atomic mass is 10.4. The van der Waals surface area contributed by atoms with E-state index in [-0.39, 0.29) is 18.4 Å². The summed E-state index contributed by atoms with van der Waals surface area (Å²) in [6.45, 7) is 1.11. The molecule has 0 unspecified atom stereocenters. The molecule has 0 aromatic carbocycles. The van der Waals surface area contributed by atoms with Crippen molar-refractivity contribution in [3.8, 4) is 0 Å². The Morgan fingerprint density at radius 2 is 2.29 bits per heavy atom. The van der Waals surface area contributed by atoms with Crippen LogP contribution >= 0.6 is 0 Å². The number of nitrogens with two attached hydrogens (primary N) is 1. The van der Waals surface area contributed by atoms with Gasteiger partial charge in [-0.2, -0.15) is 0 Å².